The number of anilines is 2. The minimum absolute atomic E-state index is 0.0154. The molecule has 0 bridgehead atoms. The number of hydrogen-bond donors (Lipinski definition) is 3. The Morgan fingerprint density at radius 3 is 2.55 bits per heavy atom. The Bertz CT molecular complexity index is 1170. The van der Waals surface area contributed by atoms with Gasteiger partial charge in [-0.05, 0) is 23.8 Å². The molecule has 8 nitrogen and oxygen atoms in total. The van der Waals surface area contributed by atoms with Crippen molar-refractivity contribution in [3.8, 4) is 34.9 Å². The maximum Gasteiger partial charge on any atom is 0.227 e. The number of phenols is 1. The number of methoxy groups -OCH3 is 2. The summed E-state index contributed by atoms with van der Waals surface area (Å²) in [7, 11) is 3.11. The zero-order valence-electron chi connectivity index (χ0n) is 15.8. The molecule has 2 heterocycles. The number of ether oxygens (including phenoxy) is 3. The van der Waals surface area contributed by atoms with E-state index < -0.39 is 5.92 Å². The van der Waals surface area contributed by atoms with Crippen LogP contribution in [0.1, 0.15) is 28.2 Å². The van der Waals surface area contributed by atoms with Crippen LogP contribution < -0.4 is 25.7 Å². The first kappa shape index (κ1) is 18.3. The van der Waals surface area contributed by atoms with E-state index in [4.69, 9.17) is 25.7 Å². The molecule has 0 aliphatic carbocycles. The van der Waals surface area contributed by atoms with E-state index in [-0.39, 0.29) is 28.7 Å². The first-order valence-corrected chi connectivity index (χ1v) is 8.70. The molecule has 1 aromatic heterocycles. The summed E-state index contributed by atoms with van der Waals surface area (Å²) < 4.78 is 16.6. The van der Waals surface area contributed by atoms with E-state index in [1.807, 2.05) is 18.2 Å². The predicted octanol–water partition coefficient (Wildman–Crippen LogP) is 3.13. The van der Waals surface area contributed by atoms with Gasteiger partial charge in [-0.2, -0.15) is 10.2 Å². The van der Waals surface area contributed by atoms with Crippen molar-refractivity contribution in [1.82, 2.24) is 4.98 Å². The molecule has 0 fully saturated rings. The van der Waals surface area contributed by atoms with Gasteiger partial charge in [0.1, 0.15) is 28.9 Å². The number of nitrogens with zero attached hydrogens (tertiary/aromatic N) is 2. The lowest BCUT2D eigenvalue weighted by molar-refractivity contribution is 0.354. The molecule has 0 saturated carbocycles. The van der Waals surface area contributed by atoms with Gasteiger partial charge in [0.2, 0.25) is 5.88 Å². The lowest BCUT2D eigenvalue weighted by Gasteiger charge is -2.30. The predicted molar refractivity (Wildman–Crippen MR) is 106 cm³/mol. The first-order chi connectivity index (χ1) is 14.0. The Balaban J connectivity index is 2.02. The molecule has 2 aromatic carbocycles. The van der Waals surface area contributed by atoms with Crippen LogP contribution in [0.3, 0.4) is 0 Å². The second-order valence-electron chi connectivity index (χ2n) is 6.49. The van der Waals surface area contributed by atoms with E-state index in [0.29, 0.717) is 22.8 Å². The van der Waals surface area contributed by atoms with Crippen LogP contribution in [0, 0.1) is 11.3 Å². The average Bonchev–Trinajstić information content (AvgIpc) is 2.71. The van der Waals surface area contributed by atoms with Gasteiger partial charge in [0.25, 0.3) is 0 Å². The fourth-order valence-corrected chi connectivity index (χ4v) is 3.58. The molecule has 0 amide bonds. The van der Waals surface area contributed by atoms with E-state index in [9.17, 15) is 10.4 Å². The molecule has 4 rings (SSSR count). The molecule has 1 aliphatic heterocycles. The van der Waals surface area contributed by atoms with E-state index in [0.717, 1.165) is 11.1 Å². The number of rotatable bonds is 3. The number of nitrogens with two attached hydrogens (primary N) is 2. The Morgan fingerprint density at radius 2 is 1.86 bits per heavy atom. The molecule has 3 aromatic rings. The summed E-state index contributed by atoms with van der Waals surface area (Å²) in [5.74, 6) is 1.35. The minimum Gasteiger partial charge on any atom is -0.508 e. The Hall–Kier alpha value is -4.12. The highest BCUT2D eigenvalue weighted by molar-refractivity contribution is 5.75. The van der Waals surface area contributed by atoms with Gasteiger partial charge >= 0.3 is 0 Å². The van der Waals surface area contributed by atoms with Gasteiger partial charge in [-0.1, -0.05) is 12.1 Å². The molecule has 146 valence electrons. The van der Waals surface area contributed by atoms with Gasteiger partial charge < -0.3 is 30.8 Å². The van der Waals surface area contributed by atoms with Crippen molar-refractivity contribution in [1.29, 1.82) is 5.26 Å². The molecule has 0 saturated heterocycles. The van der Waals surface area contributed by atoms with Crippen LogP contribution in [0.5, 0.6) is 28.9 Å². The summed E-state index contributed by atoms with van der Waals surface area (Å²) in [6, 6.07) is 12.3. The van der Waals surface area contributed by atoms with E-state index in [1.54, 1.807) is 32.4 Å². The molecule has 0 radical (unpaired) electrons. The molecule has 5 N–H and O–H groups in total. The average molecular weight is 390 g/mol. The number of nitrogen functional groups attached to an aromatic ring is 2. The Labute approximate surface area is 166 Å². The lowest BCUT2D eigenvalue weighted by atomic mass is 9.82. The third kappa shape index (κ3) is 2.80. The molecular weight excluding hydrogens is 372 g/mol. The van der Waals surface area contributed by atoms with Gasteiger partial charge in [-0.15, -0.1) is 0 Å². The summed E-state index contributed by atoms with van der Waals surface area (Å²) in [6.45, 7) is 0. The maximum absolute atomic E-state index is 9.91. The molecule has 0 unspecified atom stereocenters. The van der Waals surface area contributed by atoms with Crippen molar-refractivity contribution < 1.29 is 19.3 Å². The summed E-state index contributed by atoms with van der Waals surface area (Å²) in [4.78, 5) is 4.24. The molecule has 0 spiro atoms. The van der Waals surface area contributed by atoms with Gasteiger partial charge in [-0.25, -0.2) is 0 Å². The summed E-state index contributed by atoms with van der Waals surface area (Å²) in [5.41, 5.74) is 14.6. The van der Waals surface area contributed by atoms with Crippen molar-refractivity contribution in [2.45, 2.75) is 5.92 Å². The van der Waals surface area contributed by atoms with Crippen molar-refractivity contribution in [2.75, 3.05) is 25.7 Å². The van der Waals surface area contributed by atoms with Crippen LogP contribution in [0.15, 0.2) is 36.4 Å². The highest BCUT2D eigenvalue weighted by Gasteiger charge is 2.34. The quantitative estimate of drug-likeness (QED) is 0.485. The summed E-state index contributed by atoms with van der Waals surface area (Å²) in [5, 5.41) is 19.4. The van der Waals surface area contributed by atoms with E-state index in [2.05, 4.69) is 4.98 Å². The van der Waals surface area contributed by atoms with Crippen LogP contribution in [-0.4, -0.2) is 24.3 Å². The number of nitriles is 1. The van der Waals surface area contributed by atoms with Crippen LogP contribution >= 0.6 is 0 Å². The zero-order chi connectivity index (χ0) is 20.7. The second kappa shape index (κ2) is 6.80. The topological polar surface area (TPSA) is 137 Å². The van der Waals surface area contributed by atoms with Crippen LogP contribution in [0.25, 0.3) is 0 Å². The van der Waals surface area contributed by atoms with Crippen molar-refractivity contribution >= 4 is 11.5 Å². The number of phenolic OH excluding ortho intramolecular Hbond substituents is 1. The highest BCUT2D eigenvalue weighted by atomic mass is 16.5. The normalized spacial score (nSPS) is 14.2. The Kier molecular flexibility index (Phi) is 4.28. The van der Waals surface area contributed by atoms with E-state index in [1.165, 1.54) is 6.07 Å². The minimum atomic E-state index is -0.422. The van der Waals surface area contributed by atoms with Crippen molar-refractivity contribution in [3.63, 3.8) is 0 Å². The smallest absolute Gasteiger partial charge is 0.227 e. The van der Waals surface area contributed by atoms with Crippen LogP contribution in [-0.2, 0) is 0 Å². The standard InChI is InChI=1S/C21H18N4O4/c1-27-14-6-3-10(7-16(14)28-2)17-12-5-4-11(26)8-15(12)29-21-18(17)19(23)13(9-22)20(24)25-21/h3-8,17,26H,1-2H3,(H4,23,24,25)/t17-/m1/s1. The molecule has 29 heavy (non-hydrogen) atoms. The lowest BCUT2D eigenvalue weighted by Crippen LogP contribution is -2.17. The summed E-state index contributed by atoms with van der Waals surface area (Å²) >= 11 is 0. The largest absolute Gasteiger partial charge is 0.508 e. The Morgan fingerprint density at radius 1 is 1.10 bits per heavy atom. The number of fused-ring (bicyclic) bond motifs is 2. The number of benzene rings is 2. The second-order valence-corrected chi connectivity index (χ2v) is 6.49. The van der Waals surface area contributed by atoms with Crippen molar-refractivity contribution in [2.24, 2.45) is 0 Å². The molecule has 8 heteroatoms. The zero-order valence-corrected chi connectivity index (χ0v) is 15.8. The van der Waals surface area contributed by atoms with Gasteiger partial charge in [-0.3, -0.25) is 0 Å². The third-order valence-electron chi connectivity index (χ3n) is 4.92. The maximum atomic E-state index is 9.91. The third-order valence-corrected chi connectivity index (χ3v) is 4.92. The molecule has 1 atom stereocenters. The molecule has 1 aliphatic rings. The number of hydrogen-bond acceptors (Lipinski definition) is 8. The van der Waals surface area contributed by atoms with Crippen LogP contribution in [0.4, 0.5) is 11.5 Å². The first-order valence-electron chi connectivity index (χ1n) is 8.70. The highest BCUT2D eigenvalue weighted by Crippen LogP contribution is 2.51. The summed E-state index contributed by atoms with van der Waals surface area (Å²) in [6.07, 6.45) is 0. The van der Waals surface area contributed by atoms with Gasteiger partial charge in [0.05, 0.1) is 25.5 Å². The van der Waals surface area contributed by atoms with E-state index >= 15 is 0 Å². The monoisotopic (exact) mass is 390 g/mol. The van der Waals surface area contributed by atoms with Crippen LogP contribution in [0.2, 0.25) is 0 Å². The number of aromatic nitrogens is 1. The van der Waals surface area contributed by atoms with Crippen molar-refractivity contribution in [3.05, 3.63) is 58.7 Å². The number of aromatic hydroxyl groups is 1. The fraction of sp³-hybridized carbons (Fsp3) is 0.143. The van der Waals surface area contributed by atoms with Gasteiger partial charge in [0.15, 0.2) is 11.5 Å². The SMILES string of the molecule is COc1ccc([C@@H]2c3ccc(O)cc3Oc3nc(N)c(C#N)c(N)c32)cc1OC. The van der Waals surface area contributed by atoms with Gasteiger partial charge in [0, 0.05) is 17.5 Å². The fourth-order valence-electron chi connectivity index (χ4n) is 3.58. The number of pyridine rings is 1. The molecular formula is C21H18N4O4.